The fourth-order valence-electron chi connectivity index (χ4n) is 1.57. The molecule has 0 aliphatic carbocycles. The van der Waals surface area contributed by atoms with E-state index in [-0.39, 0.29) is 0 Å². The van der Waals surface area contributed by atoms with Crippen molar-refractivity contribution in [1.29, 1.82) is 0 Å². The van der Waals surface area contributed by atoms with Gasteiger partial charge in [-0.2, -0.15) is 0 Å². The summed E-state index contributed by atoms with van der Waals surface area (Å²) in [4.78, 5) is 0. The first-order valence-electron chi connectivity index (χ1n) is 3.70. The summed E-state index contributed by atoms with van der Waals surface area (Å²) in [5.41, 5.74) is 0. The van der Waals surface area contributed by atoms with Crippen molar-refractivity contribution >= 4 is 0 Å². The number of hydrogen-bond donors (Lipinski definition) is 2. The molecule has 0 radical (unpaired) electrons. The fraction of sp³-hybridized carbons (Fsp3) is 1.00. The molecule has 54 valence electrons. The molecule has 0 aromatic heterocycles. The van der Waals surface area contributed by atoms with Gasteiger partial charge < -0.3 is 0 Å². The number of rotatable bonds is 0. The minimum atomic E-state index is 0.490. The summed E-state index contributed by atoms with van der Waals surface area (Å²) >= 11 is 0. The van der Waals surface area contributed by atoms with E-state index >= 15 is 0 Å². The standard InChI is InChI=1S/C7H16N2/c1-5-4-6(2)9-7(3)8-5/h5-9H,4H2,1-3H3/t5-,6+,7?. The van der Waals surface area contributed by atoms with E-state index in [0.717, 1.165) is 0 Å². The topological polar surface area (TPSA) is 24.1 Å². The highest BCUT2D eigenvalue weighted by atomic mass is 15.2. The molecule has 0 amide bonds. The third kappa shape index (κ3) is 1.95. The van der Waals surface area contributed by atoms with Crippen LogP contribution in [0.3, 0.4) is 0 Å². The van der Waals surface area contributed by atoms with Gasteiger partial charge in [0.05, 0.1) is 6.17 Å². The molecule has 3 atom stereocenters. The van der Waals surface area contributed by atoms with Gasteiger partial charge in [0.25, 0.3) is 0 Å². The Hall–Kier alpha value is -0.0800. The van der Waals surface area contributed by atoms with E-state index in [1.165, 1.54) is 6.42 Å². The third-order valence-electron chi connectivity index (χ3n) is 1.78. The van der Waals surface area contributed by atoms with E-state index in [1.54, 1.807) is 0 Å². The number of nitrogens with one attached hydrogen (secondary N) is 2. The van der Waals surface area contributed by atoms with Crippen molar-refractivity contribution < 1.29 is 0 Å². The lowest BCUT2D eigenvalue weighted by atomic mass is 10.1. The van der Waals surface area contributed by atoms with Crippen molar-refractivity contribution in [3.05, 3.63) is 0 Å². The Morgan fingerprint density at radius 1 is 1.00 bits per heavy atom. The van der Waals surface area contributed by atoms with Gasteiger partial charge in [0.15, 0.2) is 0 Å². The molecule has 1 heterocycles. The molecule has 1 rings (SSSR count). The van der Waals surface area contributed by atoms with Crippen LogP contribution in [-0.4, -0.2) is 18.2 Å². The van der Waals surface area contributed by atoms with Crippen LogP contribution in [0, 0.1) is 0 Å². The first-order chi connectivity index (χ1) is 4.18. The Labute approximate surface area is 57.0 Å². The summed E-state index contributed by atoms with van der Waals surface area (Å²) < 4.78 is 0. The highest BCUT2D eigenvalue weighted by molar-refractivity contribution is 4.79. The molecule has 1 unspecified atom stereocenters. The summed E-state index contributed by atoms with van der Waals surface area (Å²) in [6.07, 6.45) is 1.73. The van der Waals surface area contributed by atoms with Crippen LogP contribution in [0.4, 0.5) is 0 Å². The smallest absolute Gasteiger partial charge is 0.0546 e. The Bertz CT molecular complexity index is 67.9. The van der Waals surface area contributed by atoms with Crippen molar-refractivity contribution in [2.45, 2.75) is 45.4 Å². The lowest BCUT2D eigenvalue weighted by Crippen LogP contribution is -2.54. The van der Waals surface area contributed by atoms with Crippen LogP contribution < -0.4 is 10.6 Å². The SMILES string of the molecule is CC1N[C@H](C)C[C@H](C)N1. The van der Waals surface area contributed by atoms with E-state index in [2.05, 4.69) is 31.4 Å². The summed E-state index contributed by atoms with van der Waals surface area (Å²) in [6, 6.07) is 1.35. The second-order valence-corrected chi connectivity index (χ2v) is 3.09. The Morgan fingerprint density at radius 2 is 1.44 bits per heavy atom. The molecule has 1 fully saturated rings. The Kier molecular flexibility index (Phi) is 2.09. The zero-order valence-corrected chi connectivity index (χ0v) is 6.44. The maximum atomic E-state index is 3.40. The monoisotopic (exact) mass is 128 g/mol. The van der Waals surface area contributed by atoms with Gasteiger partial charge in [-0.3, -0.25) is 10.6 Å². The maximum Gasteiger partial charge on any atom is 0.0546 e. The molecule has 0 aromatic carbocycles. The van der Waals surface area contributed by atoms with Crippen LogP contribution in [0.15, 0.2) is 0 Å². The summed E-state index contributed by atoms with van der Waals surface area (Å²) in [5, 5.41) is 6.80. The van der Waals surface area contributed by atoms with E-state index in [9.17, 15) is 0 Å². The van der Waals surface area contributed by atoms with Crippen LogP contribution in [0.2, 0.25) is 0 Å². The minimum absolute atomic E-state index is 0.490. The molecule has 1 saturated heterocycles. The largest absolute Gasteiger partial charge is 0.300 e. The van der Waals surface area contributed by atoms with Crippen molar-refractivity contribution in [2.75, 3.05) is 0 Å². The van der Waals surface area contributed by atoms with Gasteiger partial charge in [-0.25, -0.2) is 0 Å². The lowest BCUT2D eigenvalue weighted by molar-refractivity contribution is 0.277. The molecule has 2 nitrogen and oxygen atoms in total. The molecule has 2 heteroatoms. The van der Waals surface area contributed by atoms with Crippen LogP contribution in [0.25, 0.3) is 0 Å². The van der Waals surface area contributed by atoms with Crippen LogP contribution in [0.1, 0.15) is 27.2 Å². The van der Waals surface area contributed by atoms with E-state index in [0.29, 0.717) is 18.2 Å². The number of hydrogen-bond acceptors (Lipinski definition) is 2. The average Bonchev–Trinajstić information content (AvgIpc) is 1.59. The average molecular weight is 128 g/mol. The normalized spacial score (nSPS) is 45.0. The molecule has 0 aromatic rings. The van der Waals surface area contributed by atoms with Crippen molar-refractivity contribution in [3.63, 3.8) is 0 Å². The predicted molar refractivity (Wildman–Crippen MR) is 39.3 cm³/mol. The highest BCUT2D eigenvalue weighted by Crippen LogP contribution is 2.03. The Morgan fingerprint density at radius 3 is 1.78 bits per heavy atom. The molecular weight excluding hydrogens is 112 g/mol. The predicted octanol–water partition coefficient (Wildman–Crippen LogP) is 0.692. The summed E-state index contributed by atoms with van der Waals surface area (Å²) in [7, 11) is 0. The Balaban J connectivity index is 2.34. The van der Waals surface area contributed by atoms with Crippen LogP contribution >= 0.6 is 0 Å². The van der Waals surface area contributed by atoms with Gasteiger partial charge in [-0.15, -0.1) is 0 Å². The van der Waals surface area contributed by atoms with Crippen LogP contribution in [-0.2, 0) is 0 Å². The van der Waals surface area contributed by atoms with Gasteiger partial charge in [0.2, 0.25) is 0 Å². The third-order valence-corrected chi connectivity index (χ3v) is 1.78. The first kappa shape index (κ1) is 7.03. The van der Waals surface area contributed by atoms with Gasteiger partial charge in [0.1, 0.15) is 0 Å². The molecule has 0 saturated carbocycles. The summed E-state index contributed by atoms with van der Waals surface area (Å²) in [5.74, 6) is 0. The van der Waals surface area contributed by atoms with Gasteiger partial charge in [-0.1, -0.05) is 0 Å². The lowest BCUT2D eigenvalue weighted by Gasteiger charge is -2.32. The zero-order chi connectivity index (χ0) is 6.85. The maximum absolute atomic E-state index is 3.40. The van der Waals surface area contributed by atoms with E-state index in [4.69, 9.17) is 0 Å². The van der Waals surface area contributed by atoms with Crippen molar-refractivity contribution in [2.24, 2.45) is 0 Å². The minimum Gasteiger partial charge on any atom is -0.300 e. The highest BCUT2D eigenvalue weighted by Gasteiger charge is 2.17. The van der Waals surface area contributed by atoms with Gasteiger partial charge in [0, 0.05) is 12.1 Å². The molecule has 1 aliphatic rings. The van der Waals surface area contributed by atoms with Gasteiger partial charge >= 0.3 is 0 Å². The van der Waals surface area contributed by atoms with Gasteiger partial charge in [-0.05, 0) is 27.2 Å². The molecule has 1 aliphatic heterocycles. The molecule has 0 bridgehead atoms. The molecule has 9 heavy (non-hydrogen) atoms. The second kappa shape index (κ2) is 2.67. The molecular formula is C7H16N2. The quantitative estimate of drug-likeness (QED) is 0.501. The fourth-order valence-corrected chi connectivity index (χ4v) is 1.57. The van der Waals surface area contributed by atoms with E-state index < -0.39 is 0 Å². The van der Waals surface area contributed by atoms with Crippen molar-refractivity contribution in [3.8, 4) is 0 Å². The van der Waals surface area contributed by atoms with Crippen LogP contribution in [0.5, 0.6) is 0 Å². The summed E-state index contributed by atoms with van der Waals surface area (Å²) in [6.45, 7) is 6.62. The molecule has 2 N–H and O–H groups in total. The second-order valence-electron chi connectivity index (χ2n) is 3.09. The zero-order valence-electron chi connectivity index (χ0n) is 6.44. The van der Waals surface area contributed by atoms with E-state index in [1.807, 2.05) is 0 Å². The molecule has 0 spiro atoms. The first-order valence-corrected chi connectivity index (χ1v) is 3.70. The van der Waals surface area contributed by atoms with Crippen molar-refractivity contribution in [1.82, 2.24) is 10.6 Å².